The molecule has 0 atom stereocenters. The van der Waals surface area contributed by atoms with Crippen molar-refractivity contribution in [1.29, 1.82) is 0 Å². The van der Waals surface area contributed by atoms with Gasteiger partial charge in [-0.2, -0.15) is 0 Å². The number of halogens is 1. The molecule has 0 saturated heterocycles. The second-order valence-corrected chi connectivity index (χ2v) is 3.48. The van der Waals surface area contributed by atoms with Gasteiger partial charge in [-0.3, -0.25) is 4.98 Å². The van der Waals surface area contributed by atoms with E-state index in [0.29, 0.717) is 11.7 Å². The van der Waals surface area contributed by atoms with Gasteiger partial charge in [0, 0.05) is 24.2 Å². The van der Waals surface area contributed by atoms with Crippen LogP contribution in [0.1, 0.15) is 11.1 Å². The van der Waals surface area contributed by atoms with Crippen molar-refractivity contribution in [1.82, 2.24) is 15.0 Å². The third-order valence-corrected chi connectivity index (χ3v) is 2.39. The molecular weight excluding hydrogens is 210 g/mol. The summed E-state index contributed by atoms with van der Waals surface area (Å²) in [5.74, 6) is 1.07. The maximum absolute atomic E-state index is 5.66. The Bertz CT molecular complexity index is 454. The second-order valence-electron chi connectivity index (χ2n) is 3.22. The van der Waals surface area contributed by atoms with Crippen LogP contribution in [0, 0.1) is 6.92 Å². The summed E-state index contributed by atoms with van der Waals surface area (Å²) in [6.07, 6.45) is 5.19. The average Bonchev–Trinajstić information content (AvgIpc) is 2.30. The number of aryl methyl sites for hydroxylation is 1. The minimum absolute atomic E-state index is 0.432. The first-order chi connectivity index (χ1) is 7.31. The van der Waals surface area contributed by atoms with E-state index < -0.39 is 0 Å². The minimum Gasteiger partial charge on any atom is -0.253 e. The molecule has 0 aliphatic heterocycles. The molecule has 2 aromatic heterocycles. The van der Waals surface area contributed by atoms with Gasteiger partial charge in [0.05, 0.1) is 5.88 Å². The van der Waals surface area contributed by atoms with Crippen molar-refractivity contribution in [3.05, 3.63) is 41.9 Å². The first-order valence-corrected chi connectivity index (χ1v) is 5.13. The van der Waals surface area contributed by atoms with Crippen LogP contribution in [0.2, 0.25) is 0 Å². The van der Waals surface area contributed by atoms with Crippen LogP contribution in [0.15, 0.2) is 30.7 Å². The molecule has 0 N–H and O–H groups in total. The molecule has 2 heterocycles. The largest absolute Gasteiger partial charge is 0.253 e. The van der Waals surface area contributed by atoms with Crippen LogP contribution in [-0.2, 0) is 5.88 Å². The van der Waals surface area contributed by atoms with Crippen molar-refractivity contribution in [2.45, 2.75) is 12.8 Å². The number of aromatic nitrogens is 3. The van der Waals surface area contributed by atoms with Crippen molar-refractivity contribution in [3.8, 4) is 11.5 Å². The molecule has 0 aliphatic carbocycles. The standard InChI is InChI=1S/C11H10ClN3/c1-8-3-2-4-13-10(8)11-14-6-9(5-12)7-15-11/h2-4,6-7H,5H2,1H3. The summed E-state index contributed by atoms with van der Waals surface area (Å²) in [5, 5.41) is 0. The van der Waals surface area contributed by atoms with E-state index in [4.69, 9.17) is 11.6 Å². The number of rotatable bonds is 2. The van der Waals surface area contributed by atoms with Crippen LogP contribution in [0.5, 0.6) is 0 Å². The fourth-order valence-electron chi connectivity index (χ4n) is 1.27. The van der Waals surface area contributed by atoms with Crippen molar-refractivity contribution in [2.75, 3.05) is 0 Å². The molecule has 3 nitrogen and oxygen atoms in total. The van der Waals surface area contributed by atoms with Gasteiger partial charge in [-0.15, -0.1) is 11.6 Å². The zero-order valence-corrected chi connectivity index (χ0v) is 9.07. The van der Waals surface area contributed by atoms with Gasteiger partial charge < -0.3 is 0 Å². The van der Waals surface area contributed by atoms with E-state index in [1.807, 2.05) is 19.1 Å². The van der Waals surface area contributed by atoms with Crippen LogP contribution in [-0.4, -0.2) is 15.0 Å². The molecule has 2 rings (SSSR count). The van der Waals surface area contributed by atoms with Gasteiger partial charge in [0.25, 0.3) is 0 Å². The first kappa shape index (κ1) is 10.1. The van der Waals surface area contributed by atoms with Gasteiger partial charge in [-0.05, 0) is 18.6 Å². The lowest BCUT2D eigenvalue weighted by molar-refractivity contribution is 1.09. The van der Waals surface area contributed by atoms with Gasteiger partial charge in [-0.1, -0.05) is 6.07 Å². The lowest BCUT2D eigenvalue weighted by Gasteiger charge is -2.02. The van der Waals surface area contributed by atoms with Crippen molar-refractivity contribution >= 4 is 11.6 Å². The predicted molar refractivity (Wildman–Crippen MR) is 59.6 cm³/mol. The molecule has 0 unspecified atom stereocenters. The van der Waals surface area contributed by atoms with Gasteiger partial charge in [0.15, 0.2) is 5.82 Å². The SMILES string of the molecule is Cc1cccnc1-c1ncc(CCl)cn1. The number of hydrogen-bond acceptors (Lipinski definition) is 3. The summed E-state index contributed by atoms with van der Waals surface area (Å²) in [4.78, 5) is 12.7. The highest BCUT2D eigenvalue weighted by molar-refractivity contribution is 6.17. The van der Waals surface area contributed by atoms with Gasteiger partial charge in [-0.25, -0.2) is 9.97 Å². The highest BCUT2D eigenvalue weighted by Crippen LogP contribution is 2.15. The second kappa shape index (κ2) is 4.36. The van der Waals surface area contributed by atoms with Crippen molar-refractivity contribution in [3.63, 3.8) is 0 Å². The van der Waals surface area contributed by atoms with E-state index in [1.54, 1.807) is 18.6 Å². The third-order valence-electron chi connectivity index (χ3n) is 2.08. The lowest BCUT2D eigenvalue weighted by Crippen LogP contribution is -1.94. The summed E-state index contributed by atoms with van der Waals surface area (Å²) in [5.41, 5.74) is 2.80. The Morgan fingerprint density at radius 3 is 2.53 bits per heavy atom. The van der Waals surface area contributed by atoms with E-state index in [-0.39, 0.29) is 0 Å². The van der Waals surface area contributed by atoms with Crippen LogP contribution >= 0.6 is 11.6 Å². The third kappa shape index (κ3) is 2.13. The smallest absolute Gasteiger partial charge is 0.178 e. The number of nitrogens with zero attached hydrogens (tertiary/aromatic N) is 3. The minimum atomic E-state index is 0.432. The zero-order valence-electron chi connectivity index (χ0n) is 8.31. The molecule has 0 aromatic carbocycles. The fraction of sp³-hybridized carbons (Fsp3) is 0.182. The summed E-state index contributed by atoms with van der Waals surface area (Å²) in [6.45, 7) is 1.99. The Labute approximate surface area is 93.2 Å². The van der Waals surface area contributed by atoms with Crippen LogP contribution in [0.4, 0.5) is 0 Å². The normalized spacial score (nSPS) is 10.3. The van der Waals surface area contributed by atoms with Crippen LogP contribution in [0.25, 0.3) is 11.5 Å². The highest BCUT2D eigenvalue weighted by Gasteiger charge is 2.05. The number of hydrogen-bond donors (Lipinski definition) is 0. The first-order valence-electron chi connectivity index (χ1n) is 4.60. The molecule has 0 spiro atoms. The Balaban J connectivity index is 2.42. The van der Waals surface area contributed by atoms with Crippen LogP contribution < -0.4 is 0 Å². The molecule has 2 aromatic rings. The summed E-state index contributed by atoms with van der Waals surface area (Å²) in [6, 6.07) is 3.88. The molecule has 15 heavy (non-hydrogen) atoms. The monoisotopic (exact) mass is 219 g/mol. The molecule has 4 heteroatoms. The molecule has 0 radical (unpaired) electrons. The van der Waals surface area contributed by atoms with Crippen molar-refractivity contribution in [2.24, 2.45) is 0 Å². The quantitative estimate of drug-likeness (QED) is 0.729. The topological polar surface area (TPSA) is 38.7 Å². The van der Waals surface area contributed by atoms with Crippen LogP contribution in [0.3, 0.4) is 0 Å². The van der Waals surface area contributed by atoms with E-state index in [9.17, 15) is 0 Å². The fourth-order valence-corrected chi connectivity index (χ4v) is 1.40. The Hall–Kier alpha value is -1.48. The molecule has 0 saturated carbocycles. The van der Waals surface area contributed by atoms with E-state index in [0.717, 1.165) is 16.8 Å². The maximum atomic E-state index is 5.66. The number of pyridine rings is 1. The van der Waals surface area contributed by atoms with Crippen molar-refractivity contribution < 1.29 is 0 Å². The van der Waals surface area contributed by atoms with Gasteiger partial charge >= 0.3 is 0 Å². The molecule has 0 amide bonds. The Morgan fingerprint density at radius 1 is 1.20 bits per heavy atom. The maximum Gasteiger partial charge on any atom is 0.178 e. The molecule has 0 bridgehead atoms. The average molecular weight is 220 g/mol. The Morgan fingerprint density at radius 2 is 1.93 bits per heavy atom. The summed E-state index contributed by atoms with van der Waals surface area (Å²) in [7, 11) is 0. The predicted octanol–water partition coefficient (Wildman–Crippen LogP) is 2.59. The molecular formula is C11H10ClN3. The molecule has 0 fully saturated rings. The zero-order chi connectivity index (χ0) is 10.7. The molecule has 0 aliphatic rings. The number of alkyl halides is 1. The Kier molecular flexibility index (Phi) is 2.92. The summed E-state index contributed by atoms with van der Waals surface area (Å²) < 4.78 is 0. The van der Waals surface area contributed by atoms with E-state index in [1.165, 1.54) is 0 Å². The molecule has 76 valence electrons. The van der Waals surface area contributed by atoms with Gasteiger partial charge in [0.2, 0.25) is 0 Å². The van der Waals surface area contributed by atoms with Gasteiger partial charge in [0.1, 0.15) is 5.69 Å². The van der Waals surface area contributed by atoms with E-state index >= 15 is 0 Å². The summed E-state index contributed by atoms with van der Waals surface area (Å²) >= 11 is 5.66. The highest BCUT2D eigenvalue weighted by atomic mass is 35.5. The van der Waals surface area contributed by atoms with E-state index in [2.05, 4.69) is 15.0 Å². The lowest BCUT2D eigenvalue weighted by atomic mass is 10.2.